The van der Waals surface area contributed by atoms with Gasteiger partial charge in [0.15, 0.2) is 12.2 Å². The fraction of sp³-hybridized carbons (Fsp3) is 0.194. The second kappa shape index (κ2) is 12.6. The normalized spacial score (nSPS) is 22.2. The molecule has 0 saturated carbocycles. The molecule has 4 aromatic rings. The number of β-lactam (4-membered cyclic amide) rings is 1. The number of carboxylic acids is 2. The average molecular weight is 743 g/mol. The number of carbonyl (C=O) groups is 5. The number of esters is 1. The maximum absolute atomic E-state index is 13.4. The first-order chi connectivity index (χ1) is 25.0. The highest BCUT2D eigenvalue weighted by Crippen LogP contribution is 2.57. The molecule has 16 heteroatoms. The molecule has 8 rings (SSSR count). The maximum Gasteiger partial charge on any atom is 0.352 e. The standard InChI is InChI=1S/C36H26N2O12S2/c39-28(14-21-4-3-11-51-21)37-30-32(42)38-31(34(43)44)18(17-52(46)33(30)38)15-47-19-7-9-24-26(12-19)49-27-13-20(48-16-29(40)41)8-10-25(27)36(24)23-6-2-1-5-22(23)35(45)50-36/h1-13,30,33H,14-17H2,(H,37,39)(H,40,41)(H,43,44). The van der Waals surface area contributed by atoms with Gasteiger partial charge in [-0.05, 0) is 41.8 Å². The van der Waals surface area contributed by atoms with Gasteiger partial charge in [-0.3, -0.25) is 18.7 Å². The molecule has 0 bridgehead atoms. The summed E-state index contributed by atoms with van der Waals surface area (Å²) in [5, 5.41) is 22.6. The van der Waals surface area contributed by atoms with Crippen molar-refractivity contribution >= 4 is 51.9 Å². The van der Waals surface area contributed by atoms with Crippen molar-refractivity contribution in [1.29, 1.82) is 0 Å². The summed E-state index contributed by atoms with van der Waals surface area (Å²) >= 11 is 1.38. The van der Waals surface area contributed by atoms with Crippen LogP contribution in [-0.4, -0.2) is 79.4 Å². The Morgan fingerprint density at radius 1 is 0.942 bits per heavy atom. The van der Waals surface area contributed by atoms with Gasteiger partial charge in [0.25, 0.3) is 5.91 Å². The molecule has 14 nitrogen and oxygen atoms in total. The number of carboxylic acid groups (broad SMARTS) is 2. The van der Waals surface area contributed by atoms with Gasteiger partial charge in [-0.25, -0.2) is 14.4 Å². The molecule has 1 saturated heterocycles. The van der Waals surface area contributed by atoms with Gasteiger partial charge < -0.3 is 34.5 Å². The van der Waals surface area contributed by atoms with Crippen molar-refractivity contribution in [2.45, 2.75) is 23.4 Å². The van der Waals surface area contributed by atoms with Crippen molar-refractivity contribution in [3.8, 4) is 23.0 Å². The molecule has 4 atom stereocenters. The van der Waals surface area contributed by atoms with Crippen LogP contribution in [0.3, 0.4) is 0 Å². The van der Waals surface area contributed by atoms with Crippen LogP contribution in [0, 0.1) is 0 Å². The van der Waals surface area contributed by atoms with Gasteiger partial charge in [0.05, 0.1) is 28.5 Å². The minimum Gasteiger partial charge on any atom is -0.489 e. The molecule has 52 heavy (non-hydrogen) atoms. The van der Waals surface area contributed by atoms with E-state index in [0.717, 1.165) is 9.78 Å². The number of nitrogens with one attached hydrogen (secondary N) is 1. The van der Waals surface area contributed by atoms with Crippen molar-refractivity contribution in [1.82, 2.24) is 10.2 Å². The summed E-state index contributed by atoms with van der Waals surface area (Å²) in [5.41, 5.74) is 0.189. The number of ether oxygens (including phenoxy) is 4. The first kappa shape index (κ1) is 33.2. The monoisotopic (exact) mass is 742 g/mol. The lowest BCUT2D eigenvalue weighted by Crippen LogP contribution is -2.73. The fourth-order valence-electron chi connectivity index (χ4n) is 6.89. The number of hydrogen-bond donors (Lipinski definition) is 3. The van der Waals surface area contributed by atoms with Crippen LogP contribution in [0.5, 0.6) is 23.0 Å². The molecule has 1 fully saturated rings. The highest BCUT2D eigenvalue weighted by Gasteiger charge is 2.57. The molecule has 4 aliphatic heterocycles. The van der Waals surface area contributed by atoms with Gasteiger partial charge in [0.1, 0.15) is 46.7 Å². The van der Waals surface area contributed by atoms with Crippen LogP contribution >= 0.6 is 11.3 Å². The van der Waals surface area contributed by atoms with Gasteiger partial charge in [0, 0.05) is 39.3 Å². The van der Waals surface area contributed by atoms with Crippen molar-refractivity contribution in [2.24, 2.45) is 0 Å². The largest absolute Gasteiger partial charge is 0.489 e. The zero-order valence-corrected chi connectivity index (χ0v) is 28.4. The van der Waals surface area contributed by atoms with Gasteiger partial charge >= 0.3 is 17.9 Å². The summed E-state index contributed by atoms with van der Waals surface area (Å²) in [4.78, 5) is 64.2. The molecule has 0 aliphatic carbocycles. The van der Waals surface area contributed by atoms with Gasteiger partial charge in [-0.15, -0.1) is 11.3 Å². The Balaban J connectivity index is 1.08. The number of amides is 2. The molecule has 4 aliphatic rings. The molecule has 264 valence electrons. The van der Waals surface area contributed by atoms with Crippen LogP contribution in [-0.2, 0) is 46.7 Å². The molecule has 1 spiro atoms. The molecule has 3 N–H and O–H groups in total. The Kier molecular flexibility index (Phi) is 8.06. The van der Waals surface area contributed by atoms with Crippen molar-refractivity contribution in [3.05, 3.63) is 117 Å². The summed E-state index contributed by atoms with van der Waals surface area (Å²) in [6, 6.07) is 18.8. The van der Waals surface area contributed by atoms with Crippen molar-refractivity contribution < 1.29 is 57.3 Å². The Morgan fingerprint density at radius 3 is 2.33 bits per heavy atom. The third kappa shape index (κ3) is 5.38. The first-order valence-corrected chi connectivity index (χ1v) is 18.1. The lowest BCUT2D eigenvalue weighted by molar-refractivity contribution is -0.150. The second-order valence-electron chi connectivity index (χ2n) is 12.2. The van der Waals surface area contributed by atoms with Crippen LogP contribution < -0.4 is 19.5 Å². The molecule has 3 aromatic carbocycles. The third-order valence-corrected chi connectivity index (χ3v) is 11.6. The summed E-state index contributed by atoms with van der Waals surface area (Å²) < 4.78 is 37.1. The van der Waals surface area contributed by atoms with Crippen LogP contribution in [0.4, 0.5) is 0 Å². The van der Waals surface area contributed by atoms with Gasteiger partial charge in [-0.2, -0.15) is 0 Å². The molecule has 5 heterocycles. The molecule has 0 radical (unpaired) electrons. The number of benzene rings is 3. The van der Waals surface area contributed by atoms with E-state index < -0.39 is 64.1 Å². The Hall–Kier alpha value is -6.00. The second-order valence-corrected chi connectivity index (χ2v) is 14.8. The predicted molar refractivity (Wildman–Crippen MR) is 182 cm³/mol. The number of nitrogens with zero attached hydrogens (tertiary/aromatic N) is 1. The van der Waals surface area contributed by atoms with E-state index in [0.29, 0.717) is 22.3 Å². The zero-order chi connectivity index (χ0) is 36.3. The molecule has 4 unspecified atom stereocenters. The topological polar surface area (TPSA) is 195 Å². The van der Waals surface area contributed by atoms with Gasteiger partial charge in [-0.1, -0.05) is 24.3 Å². The minimum absolute atomic E-state index is 0.0350. The summed E-state index contributed by atoms with van der Waals surface area (Å²) in [6.45, 7) is -0.936. The predicted octanol–water partition coefficient (Wildman–Crippen LogP) is 3.16. The lowest BCUT2D eigenvalue weighted by atomic mass is 9.77. The average Bonchev–Trinajstić information content (AvgIpc) is 3.74. The SMILES string of the molecule is O=C(O)COc1ccc2c(c1)Oc1cc(OCC3=C(C(=O)O)N4C(=O)C(NC(=O)Cc5cccs5)C4S(=O)C3)ccc1C21OC(=O)c2ccccc21. The van der Waals surface area contributed by atoms with E-state index in [9.17, 15) is 33.3 Å². The summed E-state index contributed by atoms with van der Waals surface area (Å²) in [5.74, 6) is -3.60. The number of rotatable bonds is 10. The number of aliphatic carboxylic acids is 2. The number of hydrogen-bond acceptors (Lipinski definition) is 11. The van der Waals surface area contributed by atoms with E-state index in [1.165, 1.54) is 23.5 Å². The third-order valence-electron chi connectivity index (χ3n) is 9.07. The quantitative estimate of drug-likeness (QED) is 0.159. The Labute approximate surface area is 300 Å². The van der Waals surface area contributed by atoms with Crippen LogP contribution in [0.1, 0.15) is 31.9 Å². The number of fused-ring (bicyclic) bond motifs is 7. The summed E-state index contributed by atoms with van der Waals surface area (Å²) in [7, 11) is -1.75. The van der Waals surface area contributed by atoms with Crippen molar-refractivity contribution in [2.75, 3.05) is 19.0 Å². The van der Waals surface area contributed by atoms with Crippen molar-refractivity contribution in [3.63, 3.8) is 0 Å². The minimum atomic E-state index is -1.75. The maximum atomic E-state index is 13.4. The number of thiophene rings is 1. The lowest BCUT2D eigenvalue weighted by Gasteiger charge is -2.49. The molecule has 1 aromatic heterocycles. The van der Waals surface area contributed by atoms with E-state index in [1.54, 1.807) is 60.7 Å². The van der Waals surface area contributed by atoms with Crippen LogP contribution in [0.25, 0.3) is 0 Å². The van der Waals surface area contributed by atoms with E-state index in [1.807, 2.05) is 5.38 Å². The zero-order valence-electron chi connectivity index (χ0n) is 26.7. The van der Waals surface area contributed by atoms with E-state index in [2.05, 4.69) is 5.32 Å². The smallest absolute Gasteiger partial charge is 0.352 e. The Morgan fingerprint density at radius 2 is 1.65 bits per heavy atom. The molecular weight excluding hydrogens is 717 g/mol. The highest BCUT2D eigenvalue weighted by molar-refractivity contribution is 7.86. The molecule has 2 amide bonds. The first-order valence-electron chi connectivity index (χ1n) is 15.8. The Bertz CT molecular complexity index is 2270. The van der Waals surface area contributed by atoms with Crippen LogP contribution in [0.15, 0.2) is 89.4 Å². The van der Waals surface area contributed by atoms with Gasteiger partial charge in [0.2, 0.25) is 5.91 Å². The highest BCUT2D eigenvalue weighted by atomic mass is 32.2. The van der Waals surface area contributed by atoms with E-state index in [4.69, 9.17) is 24.1 Å². The number of carbonyl (C=O) groups excluding carboxylic acids is 3. The molecular formula is C36H26N2O12S2. The van der Waals surface area contributed by atoms with E-state index in [-0.39, 0.29) is 53.0 Å². The fourth-order valence-corrected chi connectivity index (χ4v) is 9.26. The van der Waals surface area contributed by atoms with E-state index >= 15 is 0 Å². The van der Waals surface area contributed by atoms with Crippen LogP contribution in [0.2, 0.25) is 0 Å². The summed E-state index contributed by atoms with van der Waals surface area (Å²) in [6.07, 6.45) is 0.0350.